The molecule has 0 unspecified atom stereocenters. The van der Waals surface area contributed by atoms with E-state index in [-0.39, 0.29) is 60.7 Å². The van der Waals surface area contributed by atoms with E-state index in [4.69, 9.17) is 9.47 Å². The molecule has 43 heavy (non-hydrogen) atoms. The Hall–Kier alpha value is -2.98. The largest absolute Gasteiger partial charge is 0.444 e. The van der Waals surface area contributed by atoms with E-state index in [0.29, 0.717) is 6.54 Å². The number of benzene rings is 1. The van der Waals surface area contributed by atoms with E-state index in [1.54, 1.807) is 33.0 Å². The molecule has 1 aliphatic heterocycles. The molecule has 1 aliphatic rings. The highest BCUT2D eigenvalue weighted by Gasteiger charge is 2.41. The first-order valence-corrected chi connectivity index (χ1v) is 15.6. The molecule has 0 saturated carbocycles. The van der Waals surface area contributed by atoms with Crippen LogP contribution in [0.1, 0.15) is 72.8 Å². The van der Waals surface area contributed by atoms with Crippen molar-refractivity contribution in [3.05, 3.63) is 35.9 Å². The number of hydrogen-bond acceptors (Lipinski definition) is 7. The number of amides is 4. The van der Waals surface area contributed by atoms with Gasteiger partial charge in [0, 0.05) is 32.7 Å². The molecule has 2 rings (SSSR count). The summed E-state index contributed by atoms with van der Waals surface area (Å²) in [5.74, 6) is -1.00. The maximum Gasteiger partial charge on any atom is 0.414 e. The quantitative estimate of drug-likeness (QED) is 0.309. The number of imide groups is 1. The first-order valence-electron chi connectivity index (χ1n) is 15.6. The summed E-state index contributed by atoms with van der Waals surface area (Å²) in [5, 5.41) is 5.48. The summed E-state index contributed by atoms with van der Waals surface area (Å²) in [7, 11) is 5.18. The number of alkyl carbamates (subject to hydrolysis) is 1. The number of carbonyl (C=O) groups excluding carboxylic acids is 4. The fourth-order valence-corrected chi connectivity index (χ4v) is 6.17. The predicted molar refractivity (Wildman–Crippen MR) is 167 cm³/mol. The molecular weight excluding hydrogens is 548 g/mol. The number of ether oxygens (including phenoxy) is 2. The van der Waals surface area contributed by atoms with E-state index in [9.17, 15) is 19.2 Å². The van der Waals surface area contributed by atoms with Crippen LogP contribution < -0.4 is 10.6 Å². The Balaban J connectivity index is 2.08. The van der Waals surface area contributed by atoms with Gasteiger partial charge in [-0.25, -0.2) is 4.79 Å². The van der Waals surface area contributed by atoms with Gasteiger partial charge >= 0.3 is 6.09 Å². The van der Waals surface area contributed by atoms with Crippen LogP contribution in [0.25, 0.3) is 0 Å². The van der Waals surface area contributed by atoms with E-state index in [1.165, 1.54) is 0 Å². The number of carbonyl (C=O) groups is 4. The van der Waals surface area contributed by atoms with Crippen LogP contribution in [-0.4, -0.2) is 85.6 Å². The Bertz CT molecular complexity index is 1050. The van der Waals surface area contributed by atoms with Crippen LogP contribution in [0.2, 0.25) is 0 Å². The minimum absolute atomic E-state index is 0.0212. The lowest BCUT2D eigenvalue weighted by Crippen LogP contribution is -2.56. The summed E-state index contributed by atoms with van der Waals surface area (Å²) >= 11 is 0. The Morgan fingerprint density at radius 3 is 2.28 bits per heavy atom. The molecule has 1 saturated heterocycles. The average molecular weight is 603 g/mol. The topological polar surface area (TPSA) is 117 Å². The fraction of sp³-hybridized carbons (Fsp3) is 0.697. The second kappa shape index (κ2) is 17.3. The lowest BCUT2D eigenvalue weighted by molar-refractivity contribution is -0.145. The lowest BCUT2D eigenvalue weighted by Gasteiger charge is -2.40. The van der Waals surface area contributed by atoms with Crippen molar-refractivity contribution in [2.24, 2.45) is 23.7 Å². The van der Waals surface area contributed by atoms with Crippen LogP contribution in [0, 0.1) is 23.7 Å². The van der Waals surface area contributed by atoms with E-state index in [0.717, 1.165) is 24.8 Å². The first kappa shape index (κ1) is 36.2. The molecule has 10 heteroatoms. The molecule has 1 heterocycles. The van der Waals surface area contributed by atoms with Gasteiger partial charge in [0.05, 0.1) is 24.6 Å². The highest BCUT2D eigenvalue weighted by molar-refractivity contribution is 5.93. The molecule has 2 N–H and O–H groups in total. The van der Waals surface area contributed by atoms with E-state index >= 15 is 0 Å². The van der Waals surface area contributed by atoms with Gasteiger partial charge < -0.3 is 24.6 Å². The van der Waals surface area contributed by atoms with Gasteiger partial charge in [-0.3, -0.25) is 19.7 Å². The molecule has 1 fully saturated rings. The minimum Gasteiger partial charge on any atom is -0.444 e. The van der Waals surface area contributed by atoms with Crippen LogP contribution in [0.4, 0.5) is 4.79 Å². The smallest absolute Gasteiger partial charge is 0.414 e. The molecule has 4 amide bonds. The molecule has 7 atom stereocenters. The summed E-state index contributed by atoms with van der Waals surface area (Å²) in [6.45, 7) is 12.6. The SMILES string of the molecule is CC[C@H](C)[C@@H]([C@@H](CC(=O)N1CCC[C@H]1[C@H](C)[C@@H](C)C(=O)NC(=O)OCc1ccccc1)OC)N(C)C(=O)[C@@H](NC)C(C)C. The standard InChI is InChI=1S/C33H54N4O6/c1-10-22(4)30(36(8)32(40)29(34-7)21(2)3)27(42-9)19-28(38)37-18-14-17-26(37)23(5)24(6)31(39)35-33(41)43-20-25-15-12-11-13-16-25/h11-13,15-16,21-24,26-27,29-30,34H,10,14,17-20H2,1-9H3,(H,35,39,41)/t22-,23+,24+,26-,27+,29-,30-/m0/s1. The van der Waals surface area contributed by atoms with Crippen molar-refractivity contribution in [1.29, 1.82) is 0 Å². The van der Waals surface area contributed by atoms with Gasteiger partial charge in [0.15, 0.2) is 0 Å². The second-order valence-corrected chi connectivity index (χ2v) is 12.3. The van der Waals surface area contributed by atoms with Crippen molar-refractivity contribution in [1.82, 2.24) is 20.4 Å². The van der Waals surface area contributed by atoms with Gasteiger partial charge in [0.25, 0.3) is 0 Å². The molecule has 0 bridgehead atoms. The van der Waals surface area contributed by atoms with E-state index < -0.39 is 24.0 Å². The van der Waals surface area contributed by atoms with Gasteiger partial charge in [-0.1, -0.05) is 78.3 Å². The van der Waals surface area contributed by atoms with Gasteiger partial charge in [-0.05, 0) is 43.2 Å². The monoisotopic (exact) mass is 602 g/mol. The van der Waals surface area contributed by atoms with Crippen molar-refractivity contribution in [2.45, 2.75) is 98.1 Å². The summed E-state index contributed by atoms with van der Waals surface area (Å²) in [5.41, 5.74) is 0.828. The van der Waals surface area contributed by atoms with Crippen LogP contribution >= 0.6 is 0 Å². The van der Waals surface area contributed by atoms with E-state index in [2.05, 4.69) is 24.5 Å². The zero-order valence-corrected chi connectivity index (χ0v) is 27.6. The Morgan fingerprint density at radius 2 is 1.72 bits per heavy atom. The van der Waals surface area contributed by atoms with Crippen molar-refractivity contribution in [3.8, 4) is 0 Å². The predicted octanol–water partition coefficient (Wildman–Crippen LogP) is 4.22. The van der Waals surface area contributed by atoms with Gasteiger partial charge in [0.1, 0.15) is 6.61 Å². The van der Waals surface area contributed by atoms with Gasteiger partial charge in [0.2, 0.25) is 17.7 Å². The molecule has 1 aromatic rings. The van der Waals surface area contributed by atoms with Crippen molar-refractivity contribution < 1.29 is 28.7 Å². The molecule has 0 radical (unpaired) electrons. The van der Waals surface area contributed by atoms with Crippen LogP contribution in [-0.2, 0) is 30.5 Å². The summed E-state index contributed by atoms with van der Waals surface area (Å²) in [6, 6.07) is 8.48. The molecule has 1 aromatic carbocycles. The third-order valence-corrected chi connectivity index (χ3v) is 9.19. The summed E-state index contributed by atoms with van der Waals surface area (Å²) < 4.78 is 11.1. The highest BCUT2D eigenvalue weighted by atomic mass is 16.5. The average Bonchev–Trinajstić information content (AvgIpc) is 3.49. The maximum absolute atomic E-state index is 13.8. The third kappa shape index (κ3) is 9.76. The molecule has 0 spiro atoms. The molecule has 0 aromatic heterocycles. The number of rotatable bonds is 15. The van der Waals surface area contributed by atoms with Crippen LogP contribution in [0.3, 0.4) is 0 Å². The fourth-order valence-electron chi connectivity index (χ4n) is 6.17. The number of hydrogen-bond donors (Lipinski definition) is 2. The third-order valence-electron chi connectivity index (χ3n) is 9.19. The van der Waals surface area contributed by atoms with Crippen molar-refractivity contribution in [3.63, 3.8) is 0 Å². The molecule has 0 aliphatic carbocycles. The highest BCUT2D eigenvalue weighted by Crippen LogP contribution is 2.31. The summed E-state index contributed by atoms with van der Waals surface area (Å²) in [6.07, 6.45) is 1.28. The maximum atomic E-state index is 13.8. The zero-order valence-electron chi connectivity index (χ0n) is 27.6. The number of methoxy groups -OCH3 is 1. The van der Waals surface area contributed by atoms with Crippen LogP contribution in [0.5, 0.6) is 0 Å². The van der Waals surface area contributed by atoms with Crippen molar-refractivity contribution >= 4 is 23.8 Å². The first-order chi connectivity index (χ1) is 20.4. The minimum atomic E-state index is -0.789. The lowest BCUT2D eigenvalue weighted by atomic mass is 9.86. The molecule has 10 nitrogen and oxygen atoms in total. The normalized spacial score (nSPS) is 19.2. The Kier molecular flexibility index (Phi) is 14.6. The number of nitrogens with zero attached hydrogens (tertiary/aromatic N) is 2. The van der Waals surface area contributed by atoms with Crippen molar-refractivity contribution in [2.75, 3.05) is 27.7 Å². The molecule has 242 valence electrons. The Morgan fingerprint density at radius 1 is 1.07 bits per heavy atom. The van der Waals surface area contributed by atoms with Gasteiger partial charge in [-0.15, -0.1) is 0 Å². The Labute approximate surface area is 258 Å². The second-order valence-electron chi connectivity index (χ2n) is 12.3. The zero-order chi connectivity index (χ0) is 32.3. The molecular formula is C33H54N4O6. The van der Waals surface area contributed by atoms with Crippen LogP contribution in [0.15, 0.2) is 30.3 Å². The summed E-state index contributed by atoms with van der Waals surface area (Å²) in [4.78, 5) is 56.1. The van der Waals surface area contributed by atoms with E-state index in [1.807, 2.05) is 56.0 Å². The van der Waals surface area contributed by atoms with Gasteiger partial charge in [-0.2, -0.15) is 0 Å². The number of likely N-dealkylation sites (tertiary alicyclic amines) is 1. The number of likely N-dealkylation sites (N-methyl/N-ethyl adjacent to an activating group) is 2. The number of nitrogens with one attached hydrogen (secondary N) is 2.